The number of amides is 2. The number of hydrogen-bond donors (Lipinski definition) is 0. The molecule has 0 fully saturated rings. The van der Waals surface area contributed by atoms with Crippen molar-refractivity contribution in [2.24, 2.45) is 0 Å². The summed E-state index contributed by atoms with van der Waals surface area (Å²) in [6, 6.07) is 10.8. The Labute approximate surface area is 192 Å². The van der Waals surface area contributed by atoms with Gasteiger partial charge in [0.05, 0.1) is 11.1 Å². The molecule has 1 aliphatic rings. The fraction of sp³-hybridized carbons (Fsp3) is 0.125. The summed E-state index contributed by atoms with van der Waals surface area (Å²) in [5.41, 5.74) is -4.44. The molecular weight excluding hydrogens is 483 g/mol. The van der Waals surface area contributed by atoms with E-state index >= 15 is 0 Å². The number of ketones is 1. The van der Waals surface area contributed by atoms with Crippen LogP contribution < -0.4 is 0 Å². The SMILES string of the molecule is O=C(Cc1c(F)c(F)c(C(F)(F)F)c(F)c1F)C(c1ccccc1)N1C(=O)c2ccccc2C1=O. The van der Waals surface area contributed by atoms with Gasteiger partial charge in [-0.3, -0.25) is 19.3 Å². The molecule has 0 saturated carbocycles. The molecule has 0 saturated heterocycles. The van der Waals surface area contributed by atoms with E-state index in [1.807, 2.05) is 0 Å². The van der Waals surface area contributed by atoms with Crippen molar-refractivity contribution in [3.05, 3.63) is 106 Å². The Morgan fingerprint density at radius 3 is 1.66 bits per heavy atom. The van der Waals surface area contributed by atoms with Gasteiger partial charge >= 0.3 is 6.18 Å². The van der Waals surface area contributed by atoms with E-state index in [2.05, 4.69) is 0 Å². The first kappa shape index (κ1) is 24.1. The predicted octanol–water partition coefficient (Wildman–Crippen LogP) is 5.41. The summed E-state index contributed by atoms with van der Waals surface area (Å²) in [6.45, 7) is 0. The molecule has 0 aromatic heterocycles. The first-order valence-electron chi connectivity index (χ1n) is 9.91. The number of hydrogen-bond acceptors (Lipinski definition) is 3. The molecule has 0 radical (unpaired) electrons. The van der Waals surface area contributed by atoms with E-state index in [1.165, 1.54) is 54.6 Å². The van der Waals surface area contributed by atoms with Crippen molar-refractivity contribution in [1.29, 1.82) is 0 Å². The Bertz CT molecular complexity index is 1310. The minimum absolute atomic E-state index is 0.0284. The van der Waals surface area contributed by atoms with E-state index in [-0.39, 0.29) is 16.7 Å². The normalized spacial score (nSPS) is 14.3. The van der Waals surface area contributed by atoms with E-state index in [4.69, 9.17) is 0 Å². The van der Waals surface area contributed by atoms with Crippen molar-refractivity contribution < 1.29 is 45.1 Å². The molecule has 2 amide bonds. The van der Waals surface area contributed by atoms with Gasteiger partial charge in [-0.1, -0.05) is 42.5 Å². The van der Waals surface area contributed by atoms with Gasteiger partial charge in [0.2, 0.25) is 0 Å². The number of Topliss-reactive ketones (excluding diaryl/α,β-unsaturated/α-hetero) is 1. The Morgan fingerprint density at radius 1 is 0.743 bits per heavy atom. The van der Waals surface area contributed by atoms with Crippen LogP contribution in [0.1, 0.15) is 43.4 Å². The third-order valence-electron chi connectivity index (χ3n) is 5.49. The average Bonchev–Trinajstić information content (AvgIpc) is 3.06. The number of carbonyl (C=O) groups is 3. The number of benzene rings is 3. The Hall–Kier alpha value is -4.02. The summed E-state index contributed by atoms with van der Waals surface area (Å²) < 4.78 is 95.6. The molecule has 35 heavy (non-hydrogen) atoms. The summed E-state index contributed by atoms with van der Waals surface area (Å²) in [5, 5.41) is 0. The van der Waals surface area contributed by atoms with Crippen molar-refractivity contribution in [2.75, 3.05) is 0 Å². The van der Waals surface area contributed by atoms with E-state index in [0.717, 1.165) is 0 Å². The maximum absolute atomic E-state index is 14.4. The van der Waals surface area contributed by atoms with Crippen LogP contribution in [0.25, 0.3) is 0 Å². The second-order valence-electron chi connectivity index (χ2n) is 7.59. The van der Waals surface area contributed by atoms with Gasteiger partial charge in [0.15, 0.2) is 29.1 Å². The molecular formula is C24H12F7NO3. The van der Waals surface area contributed by atoms with Gasteiger partial charge in [0, 0.05) is 12.0 Å². The molecule has 1 heterocycles. The van der Waals surface area contributed by atoms with Gasteiger partial charge in [-0.25, -0.2) is 17.6 Å². The zero-order chi connectivity index (χ0) is 25.7. The molecule has 1 atom stereocenters. The minimum Gasteiger partial charge on any atom is -0.297 e. The van der Waals surface area contributed by atoms with Crippen molar-refractivity contribution in [2.45, 2.75) is 18.6 Å². The van der Waals surface area contributed by atoms with Gasteiger partial charge in [-0.2, -0.15) is 13.2 Å². The summed E-state index contributed by atoms with van der Waals surface area (Å²) in [7, 11) is 0. The third kappa shape index (κ3) is 3.96. The maximum Gasteiger partial charge on any atom is 0.422 e. The van der Waals surface area contributed by atoms with Crippen molar-refractivity contribution in [3.63, 3.8) is 0 Å². The van der Waals surface area contributed by atoms with Crippen LogP contribution in [0.3, 0.4) is 0 Å². The smallest absolute Gasteiger partial charge is 0.297 e. The highest BCUT2D eigenvalue weighted by Crippen LogP contribution is 2.38. The number of imide groups is 1. The second-order valence-corrected chi connectivity index (χ2v) is 7.59. The highest BCUT2D eigenvalue weighted by molar-refractivity contribution is 6.23. The first-order valence-corrected chi connectivity index (χ1v) is 9.91. The molecule has 180 valence electrons. The molecule has 0 N–H and O–H groups in total. The van der Waals surface area contributed by atoms with E-state index in [9.17, 15) is 45.1 Å². The number of carbonyl (C=O) groups excluding carboxylic acids is 3. The van der Waals surface area contributed by atoms with Gasteiger partial charge in [0.25, 0.3) is 11.8 Å². The summed E-state index contributed by atoms with van der Waals surface area (Å²) in [5.74, 6) is -13.3. The molecule has 0 spiro atoms. The van der Waals surface area contributed by atoms with Gasteiger partial charge in [-0.15, -0.1) is 0 Å². The fourth-order valence-corrected chi connectivity index (χ4v) is 3.91. The lowest BCUT2D eigenvalue weighted by Crippen LogP contribution is -2.39. The van der Waals surface area contributed by atoms with Crippen LogP contribution in [0.2, 0.25) is 0 Å². The Morgan fingerprint density at radius 2 is 1.20 bits per heavy atom. The topological polar surface area (TPSA) is 54.5 Å². The highest BCUT2D eigenvalue weighted by atomic mass is 19.4. The van der Waals surface area contributed by atoms with Crippen LogP contribution in [-0.4, -0.2) is 22.5 Å². The van der Waals surface area contributed by atoms with Crippen LogP contribution in [0.15, 0.2) is 54.6 Å². The zero-order valence-corrected chi connectivity index (χ0v) is 17.3. The number of rotatable bonds is 5. The molecule has 11 heteroatoms. The molecule has 4 nitrogen and oxygen atoms in total. The quantitative estimate of drug-likeness (QED) is 0.270. The molecule has 3 aromatic carbocycles. The fourth-order valence-electron chi connectivity index (χ4n) is 3.91. The van der Waals surface area contributed by atoms with Crippen LogP contribution in [0.5, 0.6) is 0 Å². The molecule has 1 unspecified atom stereocenters. The minimum atomic E-state index is -5.74. The predicted molar refractivity (Wildman–Crippen MR) is 106 cm³/mol. The number of halogens is 7. The van der Waals surface area contributed by atoms with Gasteiger partial charge < -0.3 is 0 Å². The monoisotopic (exact) mass is 495 g/mol. The zero-order valence-electron chi connectivity index (χ0n) is 17.3. The summed E-state index contributed by atoms with van der Waals surface area (Å²) >= 11 is 0. The molecule has 1 aliphatic heterocycles. The van der Waals surface area contributed by atoms with Crippen LogP contribution in [0.4, 0.5) is 30.7 Å². The number of fused-ring (bicyclic) bond motifs is 1. The van der Waals surface area contributed by atoms with Crippen LogP contribution >= 0.6 is 0 Å². The molecule has 3 aromatic rings. The molecule has 4 rings (SSSR count). The van der Waals surface area contributed by atoms with E-state index in [0.29, 0.717) is 4.90 Å². The van der Waals surface area contributed by atoms with Crippen molar-refractivity contribution in [3.8, 4) is 0 Å². The van der Waals surface area contributed by atoms with Crippen LogP contribution in [-0.2, 0) is 17.4 Å². The Balaban J connectivity index is 1.80. The molecule has 0 bridgehead atoms. The van der Waals surface area contributed by atoms with E-state index in [1.54, 1.807) is 0 Å². The van der Waals surface area contributed by atoms with Gasteiger partial charge in [-0.05, 0) is 17.7 Å². The summed E-state index contributed by atoms with van der Waals surface area (Å²) in [6.07, 6.45) is -7.19. The lowest BCUT2D eigenvalue weighted by molar-refractivity contribution is -0.143. The second kappa shape index (κ2) is 8.64. The molecule has 0 aliphatic carbocycles. The number of alkyl halides is 3. The lowest BCUT2D eigenvalue weighted by atomic mass is 9.94. The van der Waals surface area contributed by atoms with Gasteiger partial charge in [0.1, 0.15) is 11.6 Å². The lowest BCUT2D eigenvalue weighted by Gasteiger charge is -2.26. The van der Waals surface area contributed by atoms with Crippen LogP contribution in [0, 0.1) is 23.3 Å². The maximum atomic E-state index is 14.4. The Kier molecular flexibility index (Phi) is 5.95. The van der Waals surface area contributed by atoms with E-state index < -0.39 is 70.6 Å². The highest BCUT2D eigenvalue weighted by Gasteiger charge is 2.45. The third-order valence-corrected chi connectivity index (χ3v) is 5.49. The first-order chi connectivity index (χ1) is 16.4. The van der Waals surface area contributed by atoms with Crippen molar-refractivity contribution in [1.82, 2.24) is 4.90 Å². The summed E-state index contributed by atoms with van der Waals surface area (Å²) in [4.78, 5) is 39.6. The van der Waals surface area contributed by atoms with Crippen molar-refractivity contribution >= 4 is 17.6 Å². The largest absolute Gasteiger partial charge is 0.422 e. The average molecular weight is 495 g/mol. The number of nitrogens with zero attached hydrogens (tertiary/aromatic N) is 1. The standard InChI is InChI=1S/C24H12F7NO3/c25-17-14(18(26)20(28)16(19(17)27)24(29,30)31)10-15(33)21(11-6-2-1-3-7-11)32-22(34)12-8-4-5-9-13(12)23(32)35/h1-9,21H,10H2.